The second-order valence-corrected chi connectivity index (χ2v) is 4.91. The van der Waals surface area contributed by atoms with E-state index >= 15 is 0 Å². The van der Waals surface area contributed by atoms with Gasteiger partial charge in [-0.15, -0.1) is 0 Å². The fraction of sp³-hybridized carbons (Fsp3) is 0.625. The van der Waals surface area contributed by atoms with E-state index in [4.69, 9.17) is 0 Å². The molecule has 1 atom stereocenters. The van der Waals surface area contributed by atoms with Gasteiger partial charge in [0, 0.05) is 6.04 Å². The van der Waals surface area contributed by atoms with Crippen LogP contribution in [0.25, 0.3) is 0 Å². The SMILES string of the molecule is CCN(CC)CCCNC(C)c1ccccc1C. The first-order chi connectivity index (χ1) is 8.69. The average molecular weight is 248 g/mol. The van der Waals surface area contributed by atoms with Crippen LogP contribution in [0, 0.1) is 6.92 Å². The Kier molecular flexibility index (Phi) is 6.99. The lowest BCUT2D eigenvalue weighted by Crippen LogP contribution is -2.28. The molecule has 1 aromatic rings. The zero-order valence-electron chi connectivity index (χ0n) is 12.4. The second kappa shape index (κ2) is 8.28. The van der Waals surface area contributed by atoms with Gasteiger partial charge in [-0.2, -0.15) is 0 Å². The second-order valence-electron chi connectivity index (χ2n) is 4.91. The summed E-state index contributed by atoms with van der Waals surface area (Å²) in [4.78, 5) is 2.47. The van der Waals surface area contributed by atoms with Crippen molar-refractivity contribution < 1.29 is 0 Å². The number of benzene rings is 1. The lowest BCUT2D eigenvalue weighted by Gasteiger charge is -2.20. The van der Waals surface area contributed by atoms with E-state index in [2.05, 4.69) is 62.2 Å². The molecule has 0 aliphatic carbocycles. The molecule has 0 saturated heterocycles. The first-order valence-electron chi connectivity index (χ1n) is 7.20. The van der Waals surface area contributed by atoms with Gasteiger partial charge in [-0.25, -0.2) is 0 Å². The van der Waals surface area contributed by atoms with Gasteiger partial charge in [-0.1, -0.05) is 38.1 Å². The van der Waals surface area contributed by atoms with Crippen molar-refractivity contribution in [3.05, 3.63) is 35.4 Å². The molecule has 1 rings (SSSR count). The molecule has 0 saturated carbocycles. The van der Waals surface area contributed by atoms with Crippen molar-refractivity contribution in [2.45, 2.75) is 40.2 Å². The third-order valence-electron chi connectivity index (χ3n) is 3.65. The average Bonchev–Trinajstić information content (AvgIpc) is 2.39. The van der Waals surface area contributed by atoms with Crippen molar-refractivity contribution in [2.24, 2.45) is 0 Å². The van der Waals surface area contributed by atoms with Crippen LogP contribution in [-0.2, 0) is 0 Å². The summed E-state index contributed by atoms with van der Waals surface area (Å²) in [5.74, 6) is 0. The number of aryl methyl sites for hydroxylation is 1. The largest absolute Gasteiger partial charge is 0.310 e. The highest BCUT2D eigenvalue weighted by molar-refractivity contribution is 5.28. The third-order valence-corrected chi connectivity index (χ3v) is 3.65. The van der Waals surface area contributed by atoms with Crippen LogP contribution in [0.1, 0.15) is 44.4 Å². The summed E-state index contributed by atoms with van der Waals surface area (Å²) in [5.41, 5.74) is 2.79. The molecule has 0 bridgehead atoms. The number of nitrogens with one attached hydrogen (secondary N) is 1. The van der Waals surface area contributed by atoms with Crippen LogP contribution in [0.4, 0.5) is 0 Å². The van der Waals surface area contributed by atoms with Gasteiger partial charge in [0.15, 0.2) is 0 Å². The van der Waals surface area contributed by atoms with Crippen LogP contribution in [-0.4, -0.2) is 31.1 Å². The van der Waals surface area contributed by atoms with Gasteiger partial charge in [0.2, 0.25) is 0 Å². The van der Waals surface area contributed by atoms with E-state index in [0.717, 1.165) is 19.6 Å². The Labute approximate surface area is 112 Å². The number of rotatable bonds is 8. The predicted octanol–water partition coefficient (Wildman–Crippen LogP) is 3.38. The Morgan fingerprint density at radius 2 is 1.83 bits per heavy atom. The molecule has 1 N–H and O–H groups in total. The smallest absolute Gasteiger partial charge is 0.0294 e. The monoisotopic (exact) mass is 248 g/mol. The minimum Gasteiger partial charge on any atom is -0.310 e. The van der Waals surface area contributed by atoms with Crippen LogP contribution < -0.4 is 5.32 Å². The maximum atomic E-state index is 3.62. The molecule has 2 heteroatoms. The Morgan fingerprint density at radius 3 is 2.44 bits per heavy atom. The molecule has 0 spiro atoms. The van der Waals surface area contributed by atoms with Crippen LogP contribution in [0.5, 0.6) is 0 Å². The van der Waals surface area contributed by atoms with Crippen molar-refractivity contribution in [1.29, 1.82) is 0 Å². The van der Waals surface area contributed by atoms with Crippen LogP contribution in [0.3, 0.4) is 0 Å². The molecule has 0 radical (unpaired) electrons. The maximum absolute atomic E-state index is 3.62. The first kappa shape index (κ1) is 15.2. The summed E-state index contributed by atoms with van der Waals surface area (Å²) >= 11 is 0. The Hall–Kier alpha value is -0.860. The standard InChI is InChI=1S/C16H28N2/c1-5-18(6-2)13-9-12-17-15(4)16-11-8-7-10-14(16)3/h7-8,10-11,15,17H,5-6,9,12-13H2,1-4H3. The molecular formula is C16H28N2. The Morgan fingerprint density at radius 1 is 1.17 bits per heavy atom. The highest BCUT2D eigenvalue weighted by Gasteiger charge is 2.06. The molecule has 102 valence electrons. The molecule has 0 fully saturated rings. The molecule has 0 aliphatic heterocycles. The number of hydrogen-bond donors (Lipinski definition) is 1. The molecule has 0 aromatic heterocycles. The fourth-order valence-corrected chi connectivity index (χ4v) is 2.34. The summed E-state index contributed by atoms with van der Waals surface area (Å²) in [6, 6.07) is 9.08. The molecule has 0 aliphatic rings. The first-order valence-corrected chi connectivity index (χ1v) is 7.20. The van der Waals surface area contributed by atoms with Gasteiger partial charge in [0.1, 0.15) is 0 Å². The van der Waals surface area contributed by atoms with Crippen LogP contribution in [0.2, 0.25) is 0 Å². The normalized spacial score (nSPS) is 12.9. The Balaban J connectivity index is 2.29. The summed E-state index contributed by atoms with van der Waals surface area (Å²) in [6.07, 6.45) is 1.22. The molecule has 1 unspecified atom stereocenters. The third kappa shape index (κ3) is 4.79. The van der Waals surface area contributed by atoms with E-state index < -0.39 is 0 Å². The summed E-state index contributed by atoms with van der Waals surface area (Å²) in [6.45, 7) is 13.5. The molecular weight excluding hydrogens is 220 g/mol. The highest BCUT2D eigenvalue weighted by Crippen LogP contribution is 2.16. The van der Waals surface area contributed by atoms with Gasteiger partial charge in [-0.3, -0.25) is 0 Å². The van der Waals surface area contributed by atoms with Gasteiger partial charge in [0.25, 0.3) is 0 Å². The Bertz CT molecular complexity index is 332. The van der Waals surface area contributed by atoms with Crippen molar-refractivity contribution in [2.75, 3.05) is 26.2 Å². The lowest BCUT2D eigenvalue weighted by molar-refractivity contribution is 0.296. The zero-order chi connectivity index (χ0) is 13.4. The van der Waals surface area contributed by atoms with Gasteiger partial charge in [-0.05, 0) is 57.6 Å². The van der Waals surface area contributed by atoms with Crippen molar-refractivity contribution in [1.82, 2.24) is 10.2 Å². The van der Waals surface area contributed by atoms with Crippen LogP contribution in [0.15, 0.2) is 24.3 Å². The van der Waals surface area contributed by atoms with Gasteiger partial charge in [0.05, 0.1) is 0 Å². The lowest BCUT2D eigenvalue weighted by atomic mass is 10.0. The summed E-state index contributed by atoms with van der Waals surface area (Å²) in [5, 5.41) is 3.62. The summed E-state index contributed by atoms with van der Waals surface area (Å²) in [7, 11) is 0. The minimum atomic E-state index is 0.447. The van der Waals surface area contributed by atoms with E-state index in [1.165, 1.54) is 24.1 Å². The van der Waals surface area contributed by atoms with Gasteiger partial charge < -0.3 is 10.2 Å². The topological polar surface area (TPSA) is 15.3 Å². The van der Waals surface area contributed by atoms with E-state index in [-0.39, 0.29) is 0 Å². The predicted molar refractivity (Wildman–Crippen MR) is 80.0 cm³/mol. The minimum absolute atomic E-state index is 0.447. The highest BCUT2D eigenvalue weighted by atomic mass is 15.1. The molecule has 18 heavy (non-hydrogen) atoms. The molecule has 0 amide bonds. The fourth-order valence-electron chi connectivity index (χ4n) is 2.34. The van der Waals surface area contributed by atoms with E-state index in [1.807, 2.05) is 0 Å². The van der Waals surface area contributed by atoms with E-state index in [1.54, 1.807) is 0 Å². The van der Waals surface area contributed by atoms with Crippen molar-refractivity contribution in [3.63, 3.8) is 0 Å². The summed E-state index contributed by atoms with van der Waals surface area (Å²) < 4.78 is 0. The van der Waals surface area contributed by atoms with Gasteiger partial charge >= 0.3 is 0 Å². The molecule has 0 heterocycles. The molecule has 2 nitrogen and oxygen atoms in total. The van der Waals surface area contributed by atoms with Crippen molar-refractivity contribution in [3.8, 4) is 0 Å². The number of hydrogen-bond acceptors (Lipinski definition) is 2. The van der Waals surface area contributed by atoms with E-state index in [9.17, 15) is 0 Å². The zero-order valence-corrected chi connectivity index (χ0v) is 12.4. The quantitative estimate of drug-likeness (QED) is 0.710. The van der Waals surface area contributed by atoms with E-state index in [0.29, 0.717) is 6.04 Å². The number of nitrogens with zero attached hydrogens (tertiary/aromatic N) is 1. The van der Waals surface area contributed by atoms with Crippen LogP contribution >= 0.6 is 0 Å². The molecule has 1 aromatic carbocycles. The van der Waals surface area contributed by atoms with Crippen molar-refractivity contribution >= 4 is 0 Å². The maximum Gasteiger partial charge on any atom is 0.0294 e.